The fourth-order valence-corrected chi connectivity index (χ4v) is 3.55. The van der Waals surface area contributed by atoms with Crippen LogP contribution >= 0.6 is 11.6 Å². The number of aryl methyl sites for hydroxylation is 3. The van der Waals surface area contributed by atoms with E-state index in [1.165, 1.54) is 18.5 Å². The van der Waals surface area contributed by atoms with Gasteiger partial charge in [-0.05, 0) is 44.2 Å². The highest BCUT2D eigenvalue weighted by Gasteiger charge is 2.17. The summed E-state index contributed by atoms with van der Waals surface area (Å²) in [6.45, 7) is 3.92. The van der Waals surface area contributed by atoms with Crippen LogP contribution in [-0.2, 0) is 13.5 Å². The molecule has 0 radical (unpaired) electrons. The molecule has 3 heterocycles. The van der Waals surface area contributed by atoms with Crippen molar-refractivity contribution in [3.05, 3.63) is 76.3 Å². The fourth-order valence-electron chi connectivity index (χ4n) is 3.22. The largest absolute Gasteiger partial charge is 0.266 e. The van der Waals surface area contributed by atoms with Gasteiger partial charge in [0, 0.05) is 30.8 Å². The van der Waals surface area contributed by atoms with Gasteiger partial charge in [-0.15, -0.1) is 0 Å². The molecule has 0 unspecified atom stereocenters. The Labute approximate surface area is 166 Å². The molecule has 0 bridgehead atoms. The zero-order valence-corrected chi connectivity index (χ0v) is 16.4. The summed E-state index contributed by atoms with van der Waals surface area (Å²) in [6, 6.07) is 10.1. The topological polar surface area (TPSA) is 61.4 Å². The van der Waals surface area contributed by atoms with Gasteiger partial charge in [-0.2, -0.15) is 10.2 Å². The lowest BCUT2D eigenvalue weighted by atomic mass is 10.1. The van der Waals surface area contributed by atoms with Crippen molar-refractivity contribution >= 4 is 11.6 Å². The Hall–Kier alpha value is -3.06. The van der Waals surface area contributed by atoms with E-state index < -0.39 is 0 Å². The number of nitrogens with zero attached hydrogens (tertiary/aromatic N) is 6. The summed E-state index contributed by atoms with van der Waals surface area (Å²) < 4.78 is 16.7. The lowest BCUT2D eigenvalue weighted by Gasteiger charge is -2.05. The van der Waals surface area contributed by atoms with Crippen LogP contribution in [0.2, 0.25) is 5.02 Å². The van der Waals surface area contributed by atoms with E-state index in [-0.39, 0.29) is 5.82 Å². The number of rotatable bonds is 4. The predicted molar refractivity (Wildman–Crippen MR) is 105 cm³/mol. The number of benzene rings is 1. The lowest BCUT2D eigenvalue weighted by Crippen LogP contribution is -2.05. The second-order valence-corrected chi connectivity index (χ2v) is 7.00. The number of aromatic nitrogens is 6. The van der Waals surface area contributed by atoms with E-state index in [2.05, 4.69) is 20.2 Å². The second kappa shape index (κ2) is 7.16. The molecule has 0 N–H and O–H groups in total. The van der Waals surface area contributed by atoms with Crippen molar-refractivity contribution in [2.45, 2.75) is 20.3 Å². The van der Waals surface area contributed by atoms with E-state index in [1.807, 2.05) is 33.0 Å². The molecule has 8 heteroatoms. The molecule has 142 valence electrons. The molecule has 0 aliphatic rings. The van der Waals surface area contributed by atoms with Crippen LogP contribution in [0.15, 0.2) is 42.7 Å². The molecule has 4 rings (SSSR count). The number of hydrogen-bond acceptors (Lipinski definition) is 4. The second-order valence-electron chi connectivity index (χ2n) is 6.62. The average Bonchev–Trinajstić information content (AvgIpc) is 3.14. The van der Waals surface area contributed by atoms with Crippen LogP contribution in [0.4, 0.5) is 4.39 Å². The van der Waals surface area contributed by atoms with E-state index in [4.69, 9.17) is 11.6 Å². The molecule has 0 atom stereocenters. The first-order chi connectivity index (χ1) is 13.4. The van der Waals surface area contributed by atoms with Gasteiger partial charge in [-0.1, -0.05) is 11.6 Å². The highest BCUT2D eigenvalue weighted by molar-refractivity contribution is 6.33. The Morgan fingerprint density at radius 3 is 2.46 bits per heavy atom. The lowest BCUT2D eigenvalue weighted by molar-refractivity contribution is 0.628. The molecule has 0 saturated carbocycles. The Morgan fingerprint density at radius 1 is 1.04 bits per heavy atom. The summed E-state index contributed by atoms with van der Waals surface area (Å²) in [5.41, 5.74) is 4.94. The van der Waals surface area contributed by atoms with Crippen LogP contribution in [0.3, 0.4) is 0 Å². The standard InChI is InChI=1S/C20H18ClFN6/c1-12-8-13(2)28(25-12)18-10-16(23-11-24-18)9-17-19(21)20(27(3)26-17)14-4-6-15(22)7-5-14/h4-8,10-11H,9H2,1-3H3. The third-order valence-electron chi connectivity index (χ3n) is 4.46. The van der Waals surface area contributed by atoms with Crippen molar-refractivity contribution in [1.29, 1.82) is 0 Å². The third kappa shape index (κ3) is 3.41. The van der Waals surface area contributed by atoms with E-state index >= 15 is 0 Å². The zero-order chi connectivity index (χ0) is 19.8. The number of hydrogen-bond donors (Lipinski definition) is 0. The molecule has 3 aromatic heterocycles. The highest BCUT2D eigenvalue weighted by atomic mass is 35.5. The molecule has 0 aliphatic heterocycles. The molecule has 0 amide bonds. The van der Waals surface area contributed by atoms with Crippen LogP contribution < -0.4 is 0 Å². The number of halogens is 2. The molecular weight excluding hydrogens is 379 g/mol. The van der Waals surface area contributed by atoms with E-state index in [9.17, 15) is 4.39 Å². The maximum atomic E-state index is 13.2. The smallest absolute Gasteiger partial charge is 0.157 e. The van der Waals surface area contributed by atoms with Gasteiger partial charge < -0.3 is 0 Å². The van der Waals surface area contributed by atoms with Gasteiger partial charge in [-0.25, -0.2) is 19.0 Å². The maximum Gasteiger partial charge on any atom is 0.157 e. The third-order valence-corrected chi connectivity index (χ3v) is 4.85. The van der Waals surface area contributed by atoms with Gasteiger partial charge >= 0.3 is 0 Å². The molecular formula is C20H18ClFN6. The summed E-state index contributed by atoms with van der Waals surface area (Å²) in [5, 5.41) is 9.53. The quantitative estimate of drug-likeness (QED) is 0.522. The van der Waals surface area contributed by atoms with Gasteiger partial charge in [0.1, 0.15) is 12.1 Å². The first kappa shape index (κ1) is 18.3. The Kier molecular flexibility index (Phi) is 4.68. The van der Waals surface area contributed by atoms with Crippen molar-refractivity contribution in [3.8, 4) is 17.1 Å². The van der Waals surface area contributed by atoms with Crippen molar-refractivity contribution in [2.75, 3.05) is 0 Å². The van der Waals surface area contributed by atoms with Gasteiger partial charge in [0.05, 0.1) is 27.8 Å². The molecule has 0 aliphatic carbocycles. The minimum atomic E-state index is -0.292. The molecule has 28 heavy (non-hydrogen) atoms. The highest BCUT2D eigenvalue weighted by Crippen LogP contribution is 2.31. The Balaban J connectivity index is 1.67. The predicted octanol–water partition coefficient (Wildman–Crippen LogP) is 4.06. The van der Waals surface area contributed by atoms with Crippen LogP contribution in [-0.4, -0.2) is 29.5 Å². The summed E-state index contributed by atoms with van der Waals surface area (Å²) >= 11 is 6.60. The van der Waals surface area contributed by atoms with Crippen molar-refractivity contribution in [2.24, 2.45) is 7.05 Å². The Bertz CT molecular complexity index is 1150. The fraction of sp³-hybridized carbons (Fsp3) is 0.200. The van der Waals surface area contributed by atoms with Gasteiger partial charge in [0.2, 0.25) is 0 Å². The van der Waals surface area contributed by atoms with Crippen molar-refractivity contribution in [3.63, 3.8) is 0 Å². The maximum absolute atomic E-state index is 13.2. The molecule has 0 fully saturated rings. The van der Waals surface area contributed by atoms with E-state index in [0.29, 0.717) is 23.0 Å². The van der Waals surface area contributed by atoms with Crippen LogP contribution in [0.25, 0.3) is 17.1 Å². The normalized spacial score (nSPS) is 11.2. The summed E-state index contributed by atoms with van der Waals surface area (Å²) in [6.07, 6.45) is 1.96. The van der Waals surface area contributed by atoms with Gasteiger partial charge in [-0.3, -0.25) is 4.68 Å². The minimum absolute atomic E-state index is 0.292. The average molecular weight is 397 g/mol. The Morgan fingerprint density at radius 2 is 1.79 bits per heavy atom. The summed E-state index contributed by atoms with van der Waals surface area (Å²) in [5.74, 6) is 0.404. The first-order valence-corrected chi connectivity index (χ1v) is 9.12. The molecule has 6 nitrogen and oxygen atoms in total. The SMILES string of the molecule is Cc1cc(C)n(-c2cc(Cc3nn(C)c(-c4ccc(F)cc4)c3Cl)ncn2)n1. The first-order valence-electron chi connectivity index (χ1n) is 8.74. The molecule has 4 aromatic rings. The molecule has 1 aromatic carbocycles. The molecule has 0 saturated heterocycles. The van der Waals surface area contributed by atoms with Crippen LogP contribution in [0, 0.1) is 19.7 Å². The van der Waals surface area contributed by atoms with Crippen LogP contribution in [0.1, 0.15) is 22.8 Å². The van der Waals surface area contributed by atoms with Gasteiger partial charge in [0.25, 0.3) is 0 Å². The van der Waals surface area contributed by atoms with Crippen molar-refractivity contribution < 1.29 is 4.39 Å². The van der Waals surface area contributed by atoms with Crippen molar-refractivity contribution in [1.82, 2.24) is 29.5 Å². The molecule has 0 spiro atoms. The van der Waals surface area contributed by atoms with Crippen LogP contribution in [0.5, 0.6) is 0 Å². The summed E-state index contributed by atoms with van der Waals surface area (Å²) in [4.78, 5) is 8.67. The van der Waals surface area contributed by atoms with E-state index in [1.54, 1.807) is 21.5 Å². The summed E-state index contributed by atoms with van der Waals surface area (Å²) in [7, 11) is 1.81. The minimum Gasteiger partial charge on any atom is -0.266 e. The van der Waals surface area contributed by atoms with E-state index in [0.717, 1.165) is 28.3 Å². The zero-order valence-electron chi connectivity index (χ0n) is 15.7. The van der Waals surface area contributed by atoms with Gasteiger partial charge in [0.15, 0.2) is 5.82 Å². The monoisotopic (exact) mass is 396 g/mol.